The topological polar surface area (TPSA) is 63.7 Å². The van der Waals surface area contributed by atoms with Gasteiger partial charge in [0, 0.05) is 24.0 Å². The Labute approximate surface area is 145 Å². The number of carbonyl (C=O) groups excluding carboxylic acids is 1. The van der Waals surface area contributed by atoms with Crippen molar-refractivity contribution in [3.05, 3.63) is 52.7 Å². The Kier molecular flexibility index (Phi) is 4.73. The van der Waals surface area contributed by atoms with E-state index in [1.54, 1.807) is 29.5 Å². The molecule has 3 rings (SSSR count). The van der Waals surface area contributed by atoms with Crippen LogP contribution in [0.4, 0.5) is 0 Å². The lowest BCUT2D eigenvalue weighted by molar-refractivity contribution is -0.128. The van der Waals surface area contributed by atoms with Crippen LogP contribution in [0.25, 0.3) is 6.08 Å². The van der Waals surface area contributed by atoms with Gasteiger partial charge in [0.05, 0.1) is 12.0 Å². The molecule has 2 aromatic rings. The standard InChI is InChI=1S/C17H17NO4S2/c1-22-13-4-7-15(8-5-13)24(20,21)16-11-18(12-16)17(19)9-6-14-3-2-10-23-14/h2-10,16H,11-12H2,1H3/b9-6+. The molecule has 5 nitrogen and oxygen atoms in total. The highest BCUT2D eigenvalue weighted by Gasteiger charge is 2.39. The largest absolute Gasteiger partial charge is 0.497 e. The fraction of sp³-hybridized carbons (Fsp3) is 0.235. The molecule has 1 aromatic carbocycles. The molecule has 7 heteroatoms. The van der Waals surface area contributed by atoms with Gasteiger partial charge in [0.15, 0.2) is 9.84 Å². The Morgan fingerprint density at radius 3 is 2.54 bits per heavy atom. The van der Waals surface area contributed by atoms with Gasteiger partial charge >= 0.3 is 0 Å². The zero-order chi connectivity index (χ0) is 17.2. The number of hydrogen-bond donors (Lipinski definition) is 0. The lowest BCUT2D eigenvalue weighted by Crippen LogP contribution is -2.56. The summed E-state index contributed by atoms with van der Waals surface area (Å²) in [4.78, 5) is 14.8. The van der Waals surface area contributed by atoms with Crippen LogP contribution in [0.2, 0.25) is 0 Å². The first-order chi connectivity index (χ1) is 11.5. The van der Waals surface area contributed by atoms with E-state index in [-0.39, 0.29) is 23.9 Å². The fourth-order valence-electron chi connectivity index (χ4n) is 2.42. The normalized spacial score (nSPS) is 15.5. The molecule has 0 atom stereocenters. The van der Waals surface area contributed by atoms with E-state index < -0.39 is 15.1 Å². The van der Waals surface area contributed by atoms with Crippen LogP contribution < -0.4 is 4.74 Å². The minimum atomic E-state index is -3.42. The quantitative estimate of drug-likeness (QED) is 0.766. The van der Waals surface area contributed by atoms with Crippen molar-refractivity contribution in [3.63, 3.8) is 0 Å². The molecule has 1 amide bonds. The number of hydrogen-bond acceptors (Lipinski definition) is 5. The smallest absolute Gasteiger partial charge is 0.246 e. The Hall–Kier alpha value is -2.12. The van der Waals surface area contributed by atoms with Gasteiger partial charge in [-0.25, -0.2) is 8.42 Å². The molecular weight excluding hydrogens is 346 g/mol. The first-order valence-corrected chi connectivity index (χ1v) is 9.82. The Morgan fingerprint density at radius 2 is 1.96 bits per heavy atom. The summed E-state index contributed by atoms with van der Waals surface area (Å²) in [6.45, 7) is 0.448. The summed E-state index contributed by atoms with van der Waals surface area (Å²) in [5.74, 6) is 0.447. The maximum Gasteiger partial charge on any atom is 0.246 e. The molecule has 24 heavy (non-hydrogen) atoms. The van der Waals surface area contributed by atoms with Crippen molar-refractivity contribution in [1.29, 1.82) is 0 Å². The van der Waals surface area contributed by atoms with Crippen molar-refractivity contribution in [2.45, 2.75) is 10.1 Å². The van der Waals surface area contributed by atoms with E-state index in [9.17, 15) is 13.2 Å². The summed E-state index contributed by atoms with van der Waals surface area (Å²) in [6, 6.07) is 10.2. The summed E-state index contributed by atoms with van der Waals surface area (Å²) in [5, 5.41) is 1.38. The van der Waals surface area contributed by atoms with Gasteiger partial charge in [0.2, 0.25) is 5.91 Å². The zero-order valence-corrected chi connectivity index (χ0v) is 14.7. The average molecular weight is 363 g/mol. The van der Waals surface area contributed by atoms with E-state index in [0.717, 1.165) is 4.88 Å². The van der Waals surface area contributed by atoms with E-state index in [4.69, 9.17) is 4.74 Å². The van der Waals surface area contributed by atoms with Crippen LogP contribution in [0.15, 0.2) is 52.7 Å². The third-order valence-electron chi connectivity index (χ3n) is 3.92. The van der Waals surface area contributed by atoms with Crippen molar-refractivity contribution in [1.82, 2.24) is 4.90 Å². The summed E-state index contributed by atoms with van der Waals surface area (Å²) in [6.07, 6.45) is 3.24. The van der Waals surface area contributed by atoms with Crippen LogP contribution in [-0.2, 0) is 14.6 Å². The molecule has 1 fully saturated rings. The van der Waals surface area contributed by atoms with Crippen molar-refractivity contribution >= 4 is 33.2 Å². The van der Waals surface area contributed by atoms with Gasteiger partial charge in [-0.3, -0.25) is 4.79 Å². The second-order valence-electron chi connectivity index (χ2n) is 5.43. The van der Waals surface area contributed by atoms with Gasteiger partial charge in [0.25, 0.3) is 0 Å². The van der Waals surface area contributed by atoms with Crippen LogP contribution in [-0.4, -0.2) is 44.7 Å². The Balaban J connectivity index is 1.61. The number of ether oxygens (including phenoxy) is 1. The lowest BCUT2D eigenvalue weighted by Gasteiger charge is -2.38. The summed E-state index contributed by atoms with van der Waals surface area (Å²) < 4.78 is 30.1. The van der Waals surface area contributed by atoms with Gasteiger partial charge in [-0.2, -0.15) is 0 Å². The molecule has 0 radical (unpaired) electrons. The molecule has 1 aliphatic rings. The number of thiophene rings is 1. The summed E-state index contributed by atoms with van der Waals surface area (Å²) in [7, 11) is -1.89. The van der Waals surface area contributed by atoms with Crippen molar-refractivity contribution in [2.75, 3.05) is 20.2 Å². The lowest BCUT2D eigenvalue weighted by atomic mass is 10.2. The molecule has 0 bridgehead atoms. The number of methoxy groups -OCH3 is 1. The monoisotopic (exact) mass is 363 g/mol. The van der Waals surface area contributed by atoms with Crippen molar-refractivity contribution in [2.24, 2.45) is 0 Å². The predicted molar refractivity (Wildman–Crippen MR) is 93.9 cm³/mol. The molecule has 0 aliphatic carbocycles. The SMILES string of the molecule is COc1ccc(S(=O)(=O)C2CN(C(=O)/C=C/c3cccs3)C2)cc1. The summed E-state index contributed by atoms with van der Waals surface area (Å²) in [5.41, 5.74) is 0. The van der Waals surface area contributed by atoms with Crippen LogP contribution in [0.1, 0.15) is 4.88 Å². The highest BCUT2D eigenvalue weighted by molar-refractivity contribution is 7.92. The van der Waals surface area contributed by atoms with E-state index in [2.05, 4.69) is 0 Å². The van der Waals surface area contributed by atoms with E-state index in [0.29, 0.717) is 5.75 Å². The zero-order valence-electron chi connectivity index (χ0n) is 13.1. The average Bonchev–Trinajstić information content (AvgIpc) is 3.04. The Bertz CT molecular complexity index is 833. The van der Waals surface area contributed by atoms with Crippen LogP contribution in [0.3, 0.4) is 0 Å². The fourth-order valence-corrected chi connectivity index (χ4v) is 4.69. The molecule has 1 aliphatic heterocycles. The third kappa shape index (κ3) is 3.37. The molecule has 0 spiro atoms. The predicted octanol–water partition coefficient (Wildman–Crippen LogP) is 2.45. The molecule has 0 unspecified atom stereocenters. The van der Waals surface area contributed by atoms with Gasteiger partial charge in [-0.1, -0.05) is 6.07 Å². The molecule has 1 saturated heterocycles. The van der Waals surface area contributed by atoms with Crippen LogP contribution in [0, 0.1) is 0 Å². The summed E-state index contributed by atoms with van der Waals surface area (Å²) >= 11 is 1.54. The van der Waals surface area contributed by atoms with Gasteiger partial charge in [-0.15, -0.1) is 11.3 Å². The second kappa shape index (κ2) is 6.78. The maximum absolute atomic E-state index is 12.5. The third-order valence-corrected chi connectivity index (χ3v) is 6.86. The second-order valence-corrected chi connectivity index (χ2v) is 8.64. The van der Waals surface area contributed by atoms with E-state index >= 15 is 0 Å². The highest BCUT2D eigenvalue weighted by Crippen LogP contribution is 2.25. The number of nitrogens with zero attached hydrogens (tertiary/aromatic N) is 1. The Morgan fingerprint density at radius 1 is 1.25 bits per heavy atom. The number of carbonyl (C=O) groups is 1. The van der Waals surface area contributed by atoms with Gasteiger partial charge in [0.1, 0.15) is 11.0 Å². The molecule has 0 N–H and O–H groups in total. The van der Waals surface area contributed by atoms with Gasteiger partial charge in [-0.05, 0) is 41.8 Å². The highest BCUT2D eigenvalue weighted by atomic mass is 32.2. The molecular formula is C17H17NO4S2. The first kappa shape index (κ1) is 16.7. The molecule has 126 valence electrons. The number of rotatable bonds is 5. The minimum Gasteiger partial charge on any atom is -0.497 e. The van der Waals surface area contributed by atoms with Crippen LogP contribution >= 0.6 is 11.3 Å². The number of amides is 1. The molecule has 2 heterocycles. The number of sulfone groups is 1. The number of likely N-dealkylation sites (tertiary alicyclic amines) is 1. The van der Waals surface area contributed by atoms with E-state index in [1.807, 2.05) is 17.5 Å². The molecule has 1 aromatic heterocycles. The van der Waals surface area contributed by atoms with Gasteiger partial charge < -0.3 is 9.64 Å². The van der Waals surface area contributed by atoms with Crippen molar-refractivity contribution in [3.8, 4) is 5.75 Å². The number of benzene rings is 1. The minimum absolute atomic E-state index is 0.162. The van der Waals surface area contributed by atoms with Crippen LogP contribution in [0.5, 0.6) is 5.75 Å². The van der Waals surface area contributed by atoms with E-state index in [1.165, 1.54) is 30.2 Å². The molecule has 0 saturated carbocycles. The maximum atomic E-state index is 12.5. The van der Waals surface area contributed by atoms with Crippen molar-refractivity contribution < 1.29 is 17.9 Å². The first-order valence-electron chi connectivity index (χ1n) is 7.39.